The van der Waals surface area contributed by atoms with Crippen molar-refractivity contribution in [3.8, 4) is 0 Å². The summed E-state index contributed by atoms with van der Waals surface area (Å²) in [5.41, 5.74) is 2.96. The van der Waals surface area contributed by atoms with Gasteiger partial charge in [0.1, 0.15) is 0 Å². The molecule has 1 N–H and O–H groups in total. The van der Waals surface area contributed by atoms with Crippen LogP contribution in [0.25, 0.3) is 0 Å². The number of aryl methyl sites for hydroxylation is 1. The van der Waals surface area contributed by atoms with Crippen molar-refractivity contribution in [3.05, 3.63) is 94.0 Å². The van der Waals surface area contributed by atoms with Gasteiger partial charge in [-0.2, -0.15) is 0 Å². The molecule has 0 aliphatic heterocycles. The molecule has 0 bridgehead atoms. The highest BCUT2D eigenvalue weighted by molar-refractivity contribution is 6.31. The summed E-state index contributed by atoms with van der Waals surface area (Å²) >= 11 is 12.1. The second kappa shape index (κ2) is 7.70. The molecule has 0 saturated heterocycles. The van der Waals surface area contributed by atoms with E-state index in [1.165, 1.54) is 0 Å². The molecule has 0 saturated carbocycles. The number of benzene rings is 3. The van der Waals surface area contributed by atoms with Gasteiger partial charge in [0.05, 0.1) is 11.4 Å². The highest BCUT2D eigenvalue weighted by atomic mass is 35.5. The van der Waals surface area contributed by atoms with E-state index in [2.05, 4.69) is 4.99 Å². The summed E-state index contributed by atoms with van der Waals surface area (Å²) in [7, 11) is 0. The molecule has 0 aliphatic carbocycles. The van der Waals surface area contributed by atoms with Crippen LogP contribution in [-0.2, 0) is 0 Å². The van der Waals surface area contributed by atoms with E-state index in [1.807, 2.05) is 49.4 Å². The minimum absolute atomic E-state index is 0.392. The molecule has 0 aliphatic rings. The van der Waals surface area contributed by atoms with Gasteiger partial charge in [-0.3, -0.25) is 5.21 Å². The normalized spacial score (nSPS) is 11.4. The molecule has 0 unspecified atom stereocenters. The predicted octanol–water partition coefficient (Wildman–Crippen LogP) is 6.28. The maximum Gasteiger partial charge on any atom is 0.165 e. The Morgan fingerprint density at radius 1 is 0.920 bits per heavy atom. The standard InChI is InChI=1S/C20H16Cl2N2O/c1-14-7-10-17(13-19(14)22)23-20(15-5-3-2-4-6-15)24(25)18-11-8-16(21)9-12-18/h2-13,25H,1H3. The van der Waals surface area contributed by atoms with Crippen LogP contribution in [0.3, 0.4) is 0 Å². The highest BCUT2D eigenvalue weighted by Crippen LogP contribution is 2.25. The molecular formula is C20H16Cl2N2O. The molecule has 126 valence electrons. The number of amidine groups is 1. The van der Waals surface area contributed by atoms with Gasteiger partial charge in [0, 0.05) is 15.6 Å². The van der Waals surface area contributed by atoms with Crippen LogP contribution < -0.4 is 5.06 Å². The third kappa shape index (κ3) is 4.20. The van der Waals surface area contributed by atoms with Crippen LogP contribution in [0.4, 0.5) is 11.4 Å². The highest BCUT2D eigenvalue weighted by Gasteiger charge is 2.14. The van der Waals surface area contributed by atoms with Crippen LogP contribution >= 0.6 is 23.2 Å². The van der Waals surface area contributed by atoms with Gasteiger partial charge in [0.25, 0.3) is 0 Å². The number of halogens is 2. The van der Waals surface area contributed by atoms with E-state index >= 15 is 0 Å². The summed E-state index contributed by atoms with van der Waals surface area (Å²) in [5.74, 6) is 0.392. The summed E-state index contributed by atoms with van der Waals surface area (Å²) in [5, 5.41) is 13.0. The first-order valence-corrected chi connectivity index (χ1v) is 8.45. The minimum atomic E-state index is 0.392. The molecule has 0 amide bonds. The van der Waals surface area contributed by atoms with Gasteiger partial charge in [-0.05, 0) is 48.9 Å². The number of nitrogens with zero attached hydrogens (tertiary/aromatic N) is 2. The SMILES string of the molecule is Cc1ccc(N=C(c2ccccc2)N(O)c2ccc(Cl)cc2)cc1Cl. The lowest BCUT2D eigenvalue weighted by atomic mass is 10.2. The molecular weight excluding hydrogens is 355 g/mol. The first-order valence-electron chi connectivity index (χ1n) is 7.69. The molecule has 0 atom stereocenters. The molecule has 3 rings (SSSR count). The average molecular weight is 371 g/mol. The van der Waals surface area contributed by atoms with Crippen LogP contribution in [0.1, 0.15) is 11.1 Å². The molecule has 3 aromatic carbocycles. The molecule has 0 fully saturated rings. The monoisotopic (exact) mass is 370 g/mol. The molecule has 3 nitrogen and oxygen atoms in total. The Morgan fingerprint density at radius 2 is 1.60 bits per heavy atom. The first-order chi connectivity index (χ1) is 12.0. The van der Waals surface area contributed by atoms with Gasteiger partial charge in [-0.15, -0.1) is 0 Å². The van der Waals surface area contributed by atoms with E-state index in [1.54, 1.807) is 30.3 Å². The molecule has 0 radical (unpaired) electrons. The van der Waals surface area contributed by atoms with Crippen LogP contribution in [0.5, 0.6) is 0 Å². The molecule has 0 spiro atoms. The van der Waals surface area contributed by atoms with Gasteiger partial charge >= 0.3 is 0 Å². The van der Waals surface area contributed by atoms with Crippen LogP contribution in [-0.4, -0.2) is 11.0 Å². The van der Waals surface area contributed by atoms with Crippen molar-refractivity contribution in [2.75, 3.05) is 5.06 Å². The summed E-state index contributed by atoms with van der Waals surface area (Å²) in [4.78, 5) is 4.60. The number of hydrogen-bond donors (Lipinski definition) is 1. The van der Waals surface area contributed by atoms with Gasteiger partial charge in [-0.25, -0.2) is 10.1 Å². The molecule has 25 heavy (non-hydrogen) atoms. The topological polar surface area (TPSA) is 35.8 Å². The van der Waals surface area contributed by atoms with Crippen molar-refractivity contribution >= 4 is 40.4 Å². The zero-order chi connectivity index (χ0) is 17.8. The van der Waals surface area contributed by atoms with Crippen LogP contribution in [0.15, 0.2) is 77.8 Å². The Kier molecular flexibility index (Phi) is 5.39. The second-order valence-corrected chi connectivity index (χ2v) is 6.37. The summed E-state index contributed by atoms with van der Waals surface area (Å²) < 4.78 is 0. The fraction of sp³-hybridized carbons (Fsp3) is 0.0500. The maximum absolute atomic E-state index is 10.7. The Morgan fingerprint density at radius 3 is 2.24 bits per heavy atom. The lowest BCUT2D eigenvalue weighted by Gasteiger charge is -2.19. The van der Waals surface area contributed by atoms with Crippen molar-refractivity contribution in [1.29, 1.82) is 0 Å². The van der Waals surface area contributed by atoms with Gasteiger partial charge in [-0.1, -0.05) is 59.6 Å². The zero-order valence-corrected chi connectivity index (χ0v) is 15.0. The molecule has 3 aromatic rings. The third-order valence-electron chi connectivity index (χ3n) is 3.69. The second-order valence-electron chi connectivity index (χ2n) is 5.52. The number of anilines is 1. The van der Waals surface area contributed by atoms with Gasteiger partial charge < -0.3 is 0 Å². The quantitative estimate of drug-likeness (QED) is 0.334. The van der Waals surface area contributed by atoms with E-state index in [9.17, 15) is 5.21 Å². The van der Waals surface area contributed by atoms with Gasteiger partial charge in [0.2, 0.25) is 0 Å². The fourth-order valence-corrected chi connectivity index (χ4v) is 2.60. The summed E-state index contributed by atoms with van der Waals surface area (Å²) in [6.45, 7) is 1.93. The Hall–Kier alpha value is -2.33. The van der Waals surface area contributed by atoms with E-state index in [4.69, 9.17) is 23.2 Å². The number of hydrogen-bond acceptors (Lipinski definition) is 2. The smallest absolute Gasteiger partial charge is 0.165 e. The maximum atomic E-state index is 10.7. The average Bonchev–Trinajstić information content (AvgIpc) is 2.63. The van der Waals surface area contributed by atoms with Crippen molar-refractivity contribution in [2.24, 2.45) is 4.99 Å². The minimum Gasteiger partial charge on any atom is -0.282 e. The van der Waals surface area contributed by atoms with Crippen molar-refractivity contribution < 1.29 is 5.21 Å². The Balaban J connectivity index is 2.07. The molecule has 0 aromatic heterocycles. The number of aliphatic imine (C=N–C) groups is 1. The van der Waals surface area contributed by atoms with Gasteiger partial charge in [0.15, 0.2) is 5.84 Å². The Labute approximate surface area is 156 Å². The predicted molar refractivity (Wildman–Crippen MR) is 105 cm³/mol. The summed E-state index contributed by atoms with van der Waals surface area (Å²) in [6.07, 6.45) is 0. The van der Waals surface area contributed by atoms with Crippen LogP contribution in [0, 0.1) is 6.92 Å². The lowest BCUT2D eigenvalue weighted by Crippen LogP contribution is -2.27. The summed E-state index contributed by atoms with van der Waals surface area (Å²) in [6, 6.07) is 21.9. The Bertz CT molecular complexity index is 893. The first kappa shape index (κ1) is 17.5. The fourth-order valence-electron chi connectivity index (χ4n) is 2.30. The van der Waals surface area contributed by atoms with Crippen LogP contribution in [0.2, 0.25) is 10.0 Å². The zero-order valence-electron chi connectivity index (χ0n) is 13.5. The van der Waals surface area contributed by atoms with Crippen molar-refractivity contribution in [2.45, 2.75) is 6.92 Å². The lowest BCUT2D eigenvalue weighted by molar-refractivity contribution is 0.313. The third-order valence-corrected chi connectivity index (χ3v) is 4.35. The van der Waals surface area contributed by atoms with E-state index < -0.39 is 0 Å². The number of hydroxylamine groups is 1. The van der Waals surface area contributed by atoms with Crippen molar-refractivity contribution in [1.82, 2.24) is 0 Å². The largest absolute Gasteiger partial charge is 0.282 e. The molecule has 5 heteroatoms. The molecule has 0 heterocycles. The van der Waals surface area contributed by atoms with Crippen molar-refractivity contribution in [3.63, 3.8) is 0 Å². The number of rotatable bonds is 3. The van der Waals surface area contributed by atoms with E-state index in [0.717, 1.165) is 16.2 Å². The van der Waals surface area contributed by atoms with E-state index in [-0.39, 0.29) is 0 Å². The van der Waals surface area contributed by atoms with E-state index in [0.29, 0.717) is 27.3 Å².